The molecule has 2 atom stereocenters. The molecule has 2 aliphatic heterocycles. The summed E-state index contributed by atoms with van der Waals surface area (Å²) in [6, 6.07) is 14.1. The predicted molar refractivity (Wildman–Crippen MR) is 188 cm³/mol. The van der Waals surface area contributed by atoms with Gasteiger partial charge in [-0.3, -0.25) is 14.5 Å². The molecular weight excluding hydrogens is 596 g/mol. The van der Waals surface area contributed by atoms with Gasteiger partial charge in [-0.15, -0.1) is 6.42 Å². The van der Waals surface area contributed by atoms with Crippen LogP contribution < -0.4 is 15.5 Å². The van der Waals surface area contributed by atoms with Gasteiger partial charge in [0.25, 0.3) is 0 Å². The lowest BCUT2D eigenvalue weighted by Gasteiger charge is -2.33. The summed E-state index contributed by atoms with van der Waals surface area (Å²) in [5.41, 5.74) is 5.85. The lowest BCUT2D eigenvalue weighted by molar-refractivity contribution is -0.124. The number of carbonyl (C=O) groups excluding carboxylic acids is 1. The van der Waals surface area contributed by atoms with E-state index in [9.17, 15) is 4.79 Å². The average Bonchev–Trinajstić information content (AvgIpc) is 3.85. The van der Waals surface area contributed by atoms with Gasteiger partial charge in [-0.1, -0.05) is 48.9 Å². The first-order valence-electron chi connectivity index (χ1n) is 17.2. The highest BCUT2D eigenvalue weighted by Gasteiger charge is 2.42. The van der Waals surface area contributed by atoms with Gasteiger partial charge >= 0.3 is 0 Å². The van der Waals surface area contributed by atoms with Crippen LogP contribution >= 0.6 is 0 Å². The molecule has 1 aromatic carbocycles. The highest BCUT2D eigenvalue weighted by atomic mass is 16.1. The van der Waals surface area contributed by atoms with Crippen LogP contribution in [-0.2, 0) is 24.8 Å². The number of amides is 1. The number of pyridine rings is 1. The van der Waals surface area contributed by atoms with Crippen molar-refractivity contribution in [2.75, 3.05) is 18.0 Å². The van der Waals surface area contributed by atoms with Crippen molar-refractivity contribution in [3.05, 3.63) is 102 Å². The minimum Gasteiger partial charge on any atom is -0.382 e. The zero-order chi connectivity index (χ0) is 33.1. The summed E-state index contributed by atoms with van der Waals surface area (Å²) in [5.74, 6) is 4.90. The fraction of sp³-hybridized carbons (Fsp3) is 0.410. The van der Waals surface area contributed by atoms with E-state index < -0.39 is 0 Å². The second-order valence-electron chi connectivity index (χ2n) is 13.9. The number of carbonyl (C=O) groups is 1. The van der Waals surface area contributed by atoms with E-state index in [-0.39, 0.29) is 23.3 Å². The molecule has 7 rings (SSSR count). The zero-order valence-electron chi connectivity index (χ0n) is 27.7. The van der Waals surface area contributed by atoms with Crippen LogP contribution in [-0.4, -0.2) is 49.3 Å². The summed E-state index contributed by atoms with van der Waals surface area (Å²) < 4.78 is 1.78. The Morgan fingerprint density at radius 3 is 2.60 bits per heavy atom. The first-order valence-corrected chi connectivity index (χ1v) is 17.2. The van der Waals surface area contributed by atoms with E-state index in [2.05, 4.69) is 39.2 Å². The summed E-state index contributed by atoms with van der Waals surface area (Å²) in [7, 11) is 1.90. The summed E-state index contributed by atoms with van der Waals surface area (Å²) in [6.07, 6.45) is 21.3. The molecule has 9 nitrogen and oxygen atoms in total. The molecule has 246 valence electrons. The number of benzene rings is 1. The minimum atomic E-state index is -0.321. The molecule has 2 saturated heterocycles. The Bertz CT molecular complexity index is 1800. The van der Waals surface area contributed by atoms with Crippen molar-refractivity contribution in [3.8, 4) is 23.5 Å². The Kier molecular flexibility index (Phi) is 8.98. The summed E-state index contributed by atoms with van der Waals surface area (Å²) in [5, 5.41) is 11.1. The van der Waals surface area contributed by atoms with E-state index in [1.807, 2.05) is 68.2 Å². The van der Waals surface area contributed by atoms with Gasteiger partial charge in [0.05, 0.1) is 28.9 Å². The number of allylic oxidation sites excluding steroid dienone is 1. The molecule has 0 radical (unpaired) electrons. The molecule has 2 N–H and O–H groups in total. The predicted octanol–water partition coefficient (Wildman–Crippen LogP) is 5.55. The van der Waals surface area contributed by atoms with Crippen LogP contribution in [0, 0.1) is 24.2 Å². The zero-order valence-corrected chi connectivity index (χ0v) is 27.7. The number of aromatic nitrogens is 5. The lowest BCUT2D eigenvalue weighted by Crippen LogP contribution is -2.42. The third kappa shape index (κ3) is 6.84. The first-order chi connectivity index (χ1) is 23.4. The molecule has 1 saturated carbocycles. The van der Waals surface area contributed by atoms with E-state index in [1.54, 1.807) is 4.68 Å². The van der Waals surface area contributed by atoms with Crippen LogP contribution in [0.15, 0.2) is 79.5 Å². The van der Waals surface area contributed by atoms with E-state index >= 15 is 0 Å². The van der Waals surface area contributed by atoms with E-state index in [1.165, 1.54) is 0 Å². The van der Waals surface area contributed by atoms with Crippen molar-refractivity contribution in [2.24, 2.45) is 18.9 Å². The van der Waals surface area contributed by atoms with Crippen LogP contribution in [0.1, 0.15) is 73.5 Å². The van der Waals surface area contributed by atoms with E-state index in [0.717, 1.165) is 110 Å². The third-order valence-corrected chi connectivity index (χ3v) is 10.5. The first kappa shape index (κ1) is 31.6. The van der Waals surface area contributed by atoms with Gasteiger partial charge in [0.1, 0.15) is 11.6 Å². The van der Waals surface area contributed by atoms with Gasteiger partial charge in [-0.25, -0.2) is 9.97 Å². The van der Waals surface area contributed by atoms with Gasteiger partial charge in [-0.2, -0.15) is 5.10 Å². The fourth-order valence-corrected chi connectivity index (χ4v) is 7.90. The maximum atomic E-state index is 13.9. The second kappa shape index (κ2) is 13.6. The van der Waals surface area contributed by atoms with Crippen LogP contribution in [0.4, 0.5) is 5.82 Å². The van der Waals surface area contributed by atoms with Crippen LogP contribution in [0.25, 0.3) is 11.1 Å². The van der Waals surface area contributed by atoms with Gasteiger partial charge in [-0.05, 0) is 68.4 Å². The Morgan fingerprint density at radius 1 is 1.08 bits per heavy atom. The highest BCUT2D eigenvalue weighted by Crippen LogP contribution is 2.40. The van der Waals surface area contributed by atoms with Gasteiger partial charge in [0.15, 0.2) is 0 Å². The molecule has 3 aliphatic rings. The monoisotopic (exact) mass is 640 g/mol. The van der Waals surface area contributed by atoms with Crippen LogP contribution in [0.5, 0.6) is 0 Å². The average molecular weight is 641 g/mol. The van der Waals surface area contributed by atoms with Gasteiger partial charge in [0.2, 0.25) is 5.91 Å². The van der Waals surface area contributed by atoms with Crippen LogP contribution in [0.2, 0.25) is 0 Å². The highest BCUT2D eigenvalue weighted by molar-refractivity contribution is 5.83. The number of hydrogen-bond donors (Lipinski definition) is 2. The largest absolute Gasteiger partial charge is 0.382 e. The Labute approximate surface area is 283 Å². The molecular formula is C39H44N8O. The van der Waals surface area contributed by atoms with Crippen molar-refractivity contribution in [3.63, 3.8) is 0 Å². The number of rotatable bonds is 9. The summed E-state index contributed by atoms with van der Waals surface area (Å²) in [6.45, 7) is 6.44. The number of nitrogens with one attached hydrogen (secondary N) is 2. The summed E-state index contributed by atoms with van der Waals surface area (Å²) >= 11 is 0. The Balaban J connectivity index is 1.03. The second-order valence-corrected chi connectivity index (χ2v) is 13.9. The lowest BCUT2D eigenvalue weighted by atomic mass is 9.73. The van der Waals surface area contributed by atoms with E-state index in [4.69, 9.17) is 21.4 Å². The smallest absolute Gasteiger partial charge is 0.229 e. The number of anilines is 1. The van der Waals surface area contributed by atoms with Crippen molar-refractivity contribution in [1.82, 2.24) is 35.4 Å². The minimum absolute atomic E-state index is 0.0329. The van der Waals surface area contributed by atoms with Gasteiger partial charge < -0.3 is 15.5 Å². The molecule has 0 bridgehead atoms. The standard InChI is InChI=1S/C39H44N8O/c1-4-30-22-41-35(44-37(30)47-19-18-39(26-47)17-16-27(2)45-39)20-28-10-12-31(13-11-28)36(38(48)42-21-29-8-6-5-7-9-29)34-15-14-32(23-40-34)33-24-43-46(3)25-33/h1,5-9,14-15,22-25,28,31,36,45H,2,10-13,16-21,26H2,3H3,(H,42,48). The quantitative estimate of drug-likeness (QED) is 0.232. The maximum Gasteiger partial charge on any atom is 0.229 e. The van der Waals surface area contributed by atoms with Crippen molar-refractivity contribution in [2.45, 2.75) is 69.4 Å². The molecule has 5 heterocycles. The fourth-order valence-electron chi connectivity index (χ4n) is 7.90. The van der Waals surface area contributed by atoms with Crippen molar-refractivity contribution in [1.29, 1.82) is 0 Å². The number of terminal acetylenes is 1. The third-order valence-electron chi connectivity index (χ3n) is 10.5. The Hall–Kier alpha value is -4.97. The Morgan fingerprint density at radius 2 is 1.92 bits per heavy atom. The van der Waals surface area contributed by atoms with Crippen LogP contribution in [0.3, 0.4) is 0 Å². The number of aryl methyl sites for hydroxylation is 1. The summed E-state index contributed by atoms with van der Waals surface area (Å²) in [4.78, 5) is 30.8. The molecule has 4 aromatic rings. The SMILES string of the molecule is C#Cc1cnc(CC2CCC(C(C(=O)NCc3ccccc3)c3ccc(-c4cnn(C)c4)cn3)CC2)nc1N1CCC2(CCC(=C)N2)C1. The maximum absolute atomic E-state index is 13.9. The number of hydrogen-bond acceptors (Lipinski definition) is 7. The topological polar surface area (TPSA) is 101 Å². The molecule has 2 unspecified atom stereocenters. The molecule has 1 amide bonds. The van der Waals surface area contributed by atoms with Gasteiger partial charge in [0, 0.05) is 68.5 Å². The molecule has 3 aromatic heterocycles. The molecule has 1 spiro atoms. The normalized spacial score (nSPS) is 22.8. The molecule has 9 heteroatoms. The molecule has 1 aliphatic carbocycles. The number of nitrogens with zero attached hydrogens (tertiary/aromatic N) is 6. The van der Waals surface area contributed by atoms with Crippen molar-refractivity contribution < 1.29 is 4.79 Å². The molecule has 3 fully saturated rings. The van der Waals surface area contributed by atoms with E-state index in [0.29, 0.717) is 12.5 Å². The van der Waals surface area contributed by atoms with Crippen molar-refractivity contribution >= 4 is 11.7 Å². The molecule has 48 heavy (non-hydrogen) atoms.